The Labute approximate surface area is 93.1 Å². The van der Waals surface area contributed by atoms with Crippen molar-refractivity contribution in [3.63, 3.8) is 0 Å². The van der Waals surface area contributed by atoms with Gasteiger partial charge in [-0.1, -0.05) is 0 Å². The van der Waals surface area contributed by atoms with Crippen molar-refractivity contribution in [2.45, 2.75) is 6.42 Å². The largest absolute Gasteiger partial charge is 0.481 e. The number of hydrogen-bond donors (Lipinski definition) is 3. The van der Waals surface area contributed by atoms with Crippen molar-refractivity contribution in [2.24, 2.45) is 5.92 Å². The summed E-state index contributed by atoms with van der Waals surface area (Å²) >= 11 is 0. The van der Waals surface area contributed by atoms with Gasteiger partial charge in [0, 0.05) is 6.16 Å². The zero-order chi connectivity index (χ0) is 12.9. The van der Waals surface area contributed by atoms with Gasteiger partial charge in [-0.05, 0) is 14.1 Å². The molecule has 0 heterocycles. The summed E-state index contributed by atoms with van der Waals surface area (Å²) in [7, 11) is -0.475. The second kappa shape index (κ2) is 5.98. The molecule has 0 spiro atoms. The molecule has 0 amide bonds. The Morgan fingerprint density at radius 1 is 1.31 bits per heavy atom. The first-order chi connectivity index (χ1) is 7.14. The molecular formula is C8H16NO6P. The minimum Gasteiger partial charge on any atom is -0.481 e. The molecule has 2 atom stereocenters. The lowest BCUT2D eigenvalue weighted by Crippen LogP contribution is -2.24. The molecule has 94 valence electrons. The Morgan fingerprint density at radius 3 is 2.12 bits per heavy atom. The highest BCUT2D eigenvalue weighted by molar-refractivity contribution is 7.57. The summed E-state index contributed by atoms with van der Waals surface area (Å²) in [4.78, 5) is 32.0. The summed E-state index contributed by atoms with van der Waals surface area (Å²) in [6.07, 6.45) is -1.32. The monoisotopic (exact) mass is 253 g/mol. The van der Waals surface area contributed by atoms with E-state index in [0.717, 1.165) is 0 Å². The maximum absolute atomic E-state index is 11.6. The molecule has 0 saturated carbocycles. The lowest BCUT2D eigenvalue weighted by atomic mass is 10.1. The van der Waals surface area contributed by atoms with Crippen molar-refractivity contribution in [1.29, 1.82) is 0 Å². The first-order valence-corrected chi connectivity index (χ1v) is 6.57. The van der Waals surface area contributed by atoms with Gasteiger partial charge >= 0.3 is 11.9 Å². The molecule has 8 heteroatoms. The van der Waals surface area contributed by atoms with Crippen LogP contribution in [0.3, 0.4) is 0 Å². The molecule has 0 radical (unpaired) electrons. The highest BCUT2D eigenvalue weighted by atomic mass is 31.2. The summed E-state index contributed by atoms with van der Waals surface area (Å²) in [5, 5.41) is 17.2. The van der Waals surface area contributed by atoms with Crippen molar-refractivity contribution in [1.82, 2.24) is 4.90 Å². The van der Waals surface area contributed by atoms with E-state index in [9.17, 15) is 19.0 Å². The lowest BCUT2D eigenvalue weighted by Gasteiger charge is -2.19. The highest BCUT2D eigenvalue weighted by Gasteiger charge is 2.30. The number of nitrogens with zero attached hydrogens (tertiary/aromatic N) is 1. The molecule has 0 saturated heterocycles. The molecule has 16 heavy (non-hydrogen) atoms. The third-order valence-electron chi connectivity index (χ3n) is 1.78. The minimum atomic E-state index is -3.63. The SMILES string of the molecule is CN(C)CP(=O)(O)C[C@@H](CC(=O)O)C(=O)O. The van der Waals surface area contributed by atoms with Crippen LogP contribution < -0.4 is 0 Å². The van der Waals surface area contributed by atoms with Crippen LogP contribution in [0.2, 0.25) is 0 Å². The van der Waals surface area contributed by atoms with Crippen molar-refractivity contribution in [2.75, 3.05) is 26.5 Å². The van der Waals surface area contributed by atoms with E-state index in [1.807, 2.05) is 0 Å². The quantitative estimate of drug-likeness (QED) is 0.545. The molecule has 3 N–H and O–H groups in total. The second-order valence-electron chi connectivity index (χ2n) is 3.88. The standard InChI is InChI=1S/C8H16NO6P/c1-9(2)5-16(14,15)4-6(8(12)13)3-7(10)11/h6H,3-5H2,1-2H3,(H,10,11)(H,12,13)(H,14,15)/t6-/m1/s1. The van der Waals surface area contributed by atoms with E-state index in [-0.39, 0.29) is 6.29 Å². The molecule has 0 fully saturated rings. The van der Waals surface area contributed by atoms with E-state index in [1.54, 1.807) is 14.1 Å². The van der Waals surface area contributed by atoms with Crippen LogP contribution in [0.25, 0.3) is 0 Å². The van der Waals surface area contributed by atoms with Gasteiger partial charge in [0.05, 0.1) is 18.6 Å². The van der Waals surface area contributed by atoms with Gasteiger partial charge in [-0.2, -0.15) is 0 Å². The third kappa shape index (κ3) is 6.55. The number of carboxylic acid groups (broad SMARTS) is 2. The number of aliphatic carboxylic acids is 2. The smallest absolute Gasteiger partial charge is 0.307 e. The van der Waals surface area contributed by atoms with Crippen LogP contribution >= 0.6 is 7.37 Å². The van der Waals surface area contributed by atoms with E-state index in [4.69, 9.17) is 10.2 Å². The summed E-state index contributed by atoms with van der Waals surface area (Å²) < 4.78 is 11.6. The fraction of sp³-hybridized carbons (Fsp3) is 0.750. The van der Waals surface area contributed by atoms with Crippen molar-refractivity contribution >= 4 is 19.3 Å². The summed E-state index contributed by atoms with van der Waals surface area (Å²) in [6, 6.07) is 0. The van der Waals surface area contributed by atoms with Gasteiger partial charge in [0.15, 0.2) is 0 Å². The highest BCUT2D eigenvalue weighted by Crippen LogP contribution is 2.43. The lowest BCUT2D eigenvalue weighted by molar-refractivity contribution is -0.147. The predicted molar refractivity (Wildman–Crippen MR) is 56.6 cm³/mol. The summed E-state index contributed by atoms with van der Waals surface area (Å²) in [5.74, 6) is -3.99. The molecule has 0 rings (SSSR count). The van der Waals surface area contributed by atoms with E-state index in [0.29, 0.717) is 0 Å². The minimum absolute atomic E-state index is 0.156. The molecular weight excluding hydrogens is 237 g/mol. The van der Waals surface area contributed by atoms with Gasteiger partial charge in [-0.25, -0.2) is 0 Å². The van der Waals surface area contributed by atoms with E-state index >= 15 is 0 Å². The van der Waals surface area contributed by atoms with Crippen LogP contribution in [-0.2, 0) is 14.2 Å². The average Bonchev–Trinajstić information content (AvgIpc) is 1.98. The van der Waals surface area contributed by atoms with Crippen LogP contribution in [0.15, 0.2) is 0 Å². The van der Waals surface area contributed by atoms with E-state index in [2.05, 4.69) is 0 Å². The molecule has 0 aliphatic carbocycles. The van der Waals surface area contributed by atoms with Crippen LogP contribution in [-0.4, -0.2) is 58.5 Å². The summed E-state index contributed by atoms with van der Waals surface area (Å²) in [6.45, 7) is 0. The van der Waals surface area contributed by atoms with E-state index < -0.39 is 37.8 Å². The Hall–Kier alpha value is -0.910. The van der Waals surface area contributed by atoms with Crippen LogP contribution in [0, 0.1) is 5.92 Å². The van der Waals surface area contributed by atoms with Gasteiger partial charge in [0.25, 0.3) is 0 Å². The summed E-state index contributed by atoms with van der Waals surface area (Å²) in [5.41, 5.74) is 0. The van der Waals surface area contributed by atoms with Gasteiger partial charge in [-0.3, -0.25) is 14.2 Å². The van der Waals surface area contributed by atoms with Gasteiger partial charge in [-0.15, -0.1) is 0 Å². The topological polar surface area (TPSA) is 115 Å². The number of rotatable bonds is 7. The molecule has 7 nitrogen and oxygen atoms in total. The fourth-order valence-corrected chi connectivity index (χ4v) is 3.26. The zero-order valence-corrected chi connectivity index (χ0v) is 10.1. The maximum Gasteiger partial charge on any atom is 0.307 e. The van der Waals surface area contributed by atoms with Gasteiger partial charge in [0.1, 0.15) is 0 Å². The molecule has 0 bridgehead atoms. The van der Waals surface area contributed by atoms with Crippen molar-refractivity contribution in [3.05, 3.63) is 0 Å². The number of carbonyl (C=O) groups is 2. The fourth-order valence-electron chi connectivity index (χ4n) is 1.28. The predicted octanol–water partition coefficient (Wildman–Crippen LogP) is -0.0486. The molecule has 1 unspecified atom stereocenters. The van der Waals surface area contributed by atoms with Gasteiger partial charge in [0.2, 0.25) is 7.37 Å². The third-order valence-corrected chi connectivity index (χ3v) is 3.80. The number of hydrogen-bond acceptors (Lipinski definition) is 4. The maximum atomic E-state index is 11.6. The molecule has 0 aromatic carbocycles. The Bertz CT molecular complexity index is 316. The number of carboxylic acids is 2. The zero-order valence-electron chi connectivity index (χ0n) is 9.16. The normalized spacial score (nSPS) is 16.8. The van der Waals surface area contributed by atoms with E-state index in [1.165, 1.54) is 4.90 Å². The van der Waals surface area contributed by atoms with Crippen molar-refractivity contribution in [3.8, 4) is 0 Å². The first kappa shape index (κ1) is 15.1. The molecule has 0 aromatic rings. The molecule has 0 aliphatic heterocycles. The average molecular weight is 253 g/mol. The van der Waals surface area contributed by atoms with Gasteiger partial charge < -0.3 is 20.0 Å². The molecule has 0 aliphatic rings. The Kier molecular flexibility index (Phi) is 5.64. The second-order valence-corrected chi connectivity index (χ2v) is 6.22. The van der Waals surface area contributed by atoms with Crippen LogP contribution in [0.5, 0.6) is 0 Å². The Morgan fingerprint density at radius 2 is 1.81 bits per heavy atom. The Balaban J connectivity index is 4.56. The molecule has 0 aromatic heterocycles. The first-order valence-electron chi connectivity index (χ1n) is 4.54. The van der Waals surface area contributed by atoms with Crippen LogP contribution in [0.1, 0.15) is 6.42 Å². The van der Waals surface area contributed by atoms with Crippen LogP contribution in [0.4, 0.5) is 0 Å². The van der Waals surface area contributed by atoms with Crippen molar-refractivity contribution < 1.29 is 29.3 Å².